The van der Waals surface area contributed by atoms with E-state index in [-0.39, 0.29) is 35.1 Å². The van der Waals surface area contributed by atoms with Crippen molar-refractivity contribution in [1.29, 1.82) is 0 Å². The topological polar surface area (TPSA) is 115 Å². The van der Waals surface area contributed by atoms with Gasteiger partial charge in [0.25, 0.3) is 5.56 Å². The van der Waals surface area contributed by atoms with Crippen LogP contribution in [0.5, 0.6) is 0 Å². The molecule has 9 nitrogen and oxygen atoms in total. The van der Waals surface area contributed by atoms with Gasteiger partial charge in [0.1, 0.15) is 5.65 Å². The predicted octanol–water partition coefficient (Wildman–Crippen LogP) is 4.80. The van der Waals surface area contributed by atoms with Crippen molar-refractivity contribution < 1.29 is 9.59 Å². The van der Waals surface area contributed by atoms with E-state index in [1.165, 1.54) is 0 Å². The van der Waals surface area contributed by atoms with Crippen LogP contribution in [-0.2, 0) is 22.6 Å². The molecule has 0 bridgehead atoms. The molecule has 1 fully saturated rings. The number of halogens is 1. The van der Waals surface area contributed by atoms with Gasteiger partial charge in [0.05, 0.1) is 22.7 Å². The molecule has 4 aromatic rings. The first-order valence-electron chi connectivity index (χ1n) is 14.3. The molecular formula is C31H35ClN6O3. The first-order chi connectivity index (χ1) is 19.6. The molecule has 5 heterocycles. The van der Waals surface area contributed by atoms with Crippen molar-refractivity contribution in [3.8, 4) is 0 Å². The van der Waals surface area contributed by atoms with Gasteiger partial charge < -0.3 is 14.8 Å². The van der Waals surface area contributed by atoms with Crippen molar-refractivity contribution in [2.24, 2.45) is 11.3 Å². The molecule has 1 saturated heterocycles. The molecule has 2 amide bonds. The number of piperidine rings is 1. The number of hydrogen-bond acceptors (Lipinski definition) is 5. The molecule has 10 heteroatoms. The fourth-order valence-electron chi connectivity index (χ4n) is 6.43. The van der Waals surface area contributed by atoms with E-state index in [9.17, 15) is 14.4 Å². The number of rotatable bonds is 4. The number of aromatic amines is 2. The van der Waals surface area contributed by atoms with Gasteiger partial charge >= 0.3 is 0 Å². The number of carbonyl (C=O) groups is 2. The quantitative estimate of drug-likeness (QED) is 0.363. The van der Waals surface area contributed by atoms with E-state index >= 15 is 0 Å². The predicted molar refractivity (Wildman–Crippen MR) is 159 cm³/mol. The lowest BCUT2D eigenvalue weighted by Crippen LogP contribution is -2.43. The number of carbonyl (C=O) groups excluding carboxylic acids is 2. The second-order valence-electron chi connectivity index (χ2n) is 12.7. The maximum atomic E-state index is 13.9. The molecule has 0 aliphatic carbocycles. The lowest BCUT2D eigenvalue weighted by Gasteiger charge is -2.34. The van der Waals surface area contributed by atoms with E-state index < -0.39 is 5.92 Å². The minimum absolute atomic E-state index is 0.00318. The SMILES string of the molecule is CC(C)(C)CN1Cc2c(cc(Cl)c3[nH]ncc23)C[C@@H](CC(=O)N2CCC(c3cc4cccnc4[nH]c3=O)CC2)C1=O. The fourth-order valence-corrected chi connectivity index (χ4v) is 6.71. The Morgan fingerprint density at radius 1 is 1.17 bits per heavy atom. The summed E-state index contributed by atoms with van der Waals surface area (Å²) in [6.45, 7) is 8.50. The van der Waals surface area contributed by atoms with Gasteiger partial charge in [0.2, 0.25) is 11.8 Å². The standard InChI is InChI=1S/C31H35ClN6O3/c1-31(2,3)17-38-16-24-20(13-25(32)27-23(24)15-34-36-27)11-21(30(38)41)14-26(39)37-9-6-18(7-10-37)22-12-19-5-4-8-33-28(19)35-29(22)40/h4-5,8,12-13,15,18,21H,6-7,9-11,14,16-17H2,1-3H3,(H,34,36)(H,33,35,40)/t21-/m0/s1. The first kappa shape index (κ1) is 27.4. The lowest BCUT2D eigenvalue weighted by molar-refractivity contribution is -0.142. The molecular weight excluding hydrogens is 540 g/mol. The van der Waals surface area contributed by atoms with Crippen molar-refractivity contribution in [2.75, 3.05) is 19.6 Å². The number of benzene rings is 1. The average molecular weight is 575 g/mol. The Morgan fingerprint density at radius 3 is 2.71 bits per heavy atom. The minimum Gasteiger partial charge on any atom is -0.343 e. The summed E-state index contributed by atoms with van der Waals surface area (Å²) in [5.74, 6) is -0.419. The van der Waals surface area contributed by atoms with E-state index in [0.717, 1.165) is 33.0 Å². The highest BCUT2D eigenvalue weighted by Gasteiger charge is 2.36. The smallest absolute Gasteiger partial charge is 0.253 e. The van der Waals surface area contributed by atoms with Crippen LogP contribution >= 0.6 is 11.6 Å². The minimum atomic E-state index is -0.472. The van der Waals surface area contributed by atoms with Gasteiger partial charge in [0.15, 0.2) is 0 Å². The average Bonchev–Trinajstić information content (AvgIpc) is 3.39. The Morgan fingerprint density at radius 2 is 1.95 bits per heavy atom. The van der Waals surface area contributed by atoms with Crippen molar-refractivity contribution in [1.82, 2.24) is 30.0 Å². The second-order valence-corrected chi connectivity index (χ2v) is 13.1. The molecule has 1 atom stereocenters. The van der Waals surface area contributed by atoms with E-state index in [2.05, 4.69) is 40.9 Å². The number of H-pyrrole nitrogens is 2. The van der Waals surface area contributed by atoms with E-state index in [4.69, 9.17) is 11.6 Å². The zero-order valence-electron chi connectivity index (χ0n) is 23.7. The molecule has 2 N–H and O–H groups in total. The molecule has 3 aromatic heterocycles. The molecule has 2 aliphatic heterocycles. The van der Waals surface area contributed by atoms with Gasteiger partial charge in [-0.25, -0.2) is 4.98 Å². The van der Waals surface area contributed by atoms with Gasteiger partial charge in [-0.2, -0.15) is 5.10 Å². The van der Waals surface area contributed by atoms with E-state index in [0.29, 0.717) is 56.1 Å². The number of hydrogen-bond donors (Lipinski definition) is 2. The maximum absolute atomic E-state index is 13.9. The highest BCUT2D eigenvalue weighted by atomic mass is 35.5. The van der Waals surface area contributed by atoms with Gasteiger partial charge in [-0.15, -0.1) is 0 Å². The van der Waals surface area contributed by atoms with Crippen LogP contribution in [0.3, 0.4) is 0 Å². The zero-order valence-corrected chi connectivity index (χ0v) is 24.4. The number of nitrogens with one attached hydrogen (secondary N) is 2. The molecule has 6 rings (SSSR count). The summed E-state index contributed by atoms with van der Waals surface area (Å²) in [5, 5.41) is 9.57. The van der Waals surface area contributed by atoms with Gasteiger partial charge in [0, 0.05) is 55.1 Å². The molecule has 41 heavy (non-hydrogen) atoms. The number of likely N-dealkylation sites (tertiary alicyclic amines) is 1. The van der Waals surface area contributed by atoms with Crippen LogP contribution in [0.1, 0.15) is 62.6 Å². The van der Waals surface area contributed by atoms with Crippen LogP contribution in [-0.4, -0.2) is 61.4 Å². The summed E-state index contributed by atoms with van der Waals surface area (Å²) < 4.78 is 0. The summed E-state index contributed by atoms with van der Waals surface area (Å²) in [4.78, 5) is 51.1. The van der Waals surface area contributed by atoms with Crippen molar-refractivity contribution in [2.45, 2.75) is 58.9 Å². The van der Waals surface area contributed by atoms with E-state index in [1.807, 2.05) is 34.1 Å². The highest BCUT2D eigenvalue weighted by Crippen LogP contribution is 2.36. The van der Waals surface area contributed by atoms with Gasteiger partial charge in [-0.05, 0) is 66.0 Å². The van der Waals surface area contributed by atoms with Crippen LogP contribution in [0.15, 0.2) is 41.5 Å². The fraction of sp³-hybridized carbons (Fsp3) is 0.452. The third-order valence-corrected chi connectivity index (χ3v) is 8.68. The third kappa shape index (κ3) is 5.47. The lowest BCUT2D eigenvalue weighted by atomic mass is 9.88. The number of pyridine rings is 2. The Bertz CT molecular complexity index is 1700. The van der Waals surface area contributed by atoms with Crippen molar-refractivity contribution >= 4 is 45.4 Å². The Kier molecular flexibility index (Phi) is 7.09. The maximum Gasteiger partial charge on any atom is 0.253 e. The van der Waals surface area contributed by atoms with E-state index in [1.54, 1.807) is 12.4 Å². The monoisotopic (exact) mass is 574 g/mol. The molecule has 2 aliphatic rings. The summed E-state index contributed by atoms with van der Waals surface area (Å²) in [7, 11) is 0. The molecule has 0 spiro atoms. The molecule has 0 radical (unpaired) electrons. The first-order valence-corrected chi connectivity index (χ1v) is 14.6. The molecule has 0 unspecified atom stereocenters. The van der Waals surface area contributed by atoms with Crippen LogP contribution < -0.4 is 5.56 Å². The van der Waals surface area contributed by atoms with Gasteiger partial charge in [-0.1, -0.05) is 32.4 Å². The number of aromatic nitrogens is 4. The summed E-state index contributed by atoms with van der Waals surface area (Å²) in [6, 6.07) is 7.64. The zero-order chi connectivity index (χ0) is 28.9. The Labute approximate surface area is 243 Å². The van der Waals surface area contributed by atoms with Crippen LogP contribution in [0.4, 0.5) is 0 Å². The second kappa shape index (κ2) is 10.6. The third-order valence-electron chi connectivity index (χ3n) is 8.39. The summed E-state index contributed by atoms with van der Waals surface area (Å²) in [6.07, 6.45) is 5.44. The normalized spacial score (nSPS) is 18.6. The Hall–Kier alpha value is -3.72. The number of nitrogens with zero attached hydrogens (tertiary/aromatic N) is 4. The highest BCUT2D eigenvalue weighted by molar-refractivity contribution is 6.35. The van der Waals surface area contributed by atoms with Gasteiger partial charge in [-0.3, -0.25) is 19.5 Å². The summed E-state index contributed by atoms with van der Waals surface area (Å²) in [5.41, 5.74) is 3.92. The van der Waals surface area contributed by atoms with Crippen LogP contribution in [0.2, 0.25) is 5.02 Å². The number of fused-ring (bicyclic) bond motifs is 4. The molecule has 214 valence electrons. The largest absolute Gasteiger partial charge is 0.343 e. The van der Waals surface area contributed by atoms with Crippen LogP contribution in [0, 0.1) is 11.3 Å². The van der Waals surface area contributed by atoms with Crippen LogP contribution in [0.25, 0.3) is 21.9 Å². The number of amides is 2. The molecule has 1 aromatic carbocycles. The molecule has 0 saturated carbocycles. The summed E-state index contributed by atoms with van der Waals surface area (Å²) >= 11 is 6.58. The Balaban J connectivity index is 1.20. The van der Waals surface area contributed by atoms with Crippen molar-refractivity contribution in [3.63, 3.8) is 0 Å². The van der Waals surface area contributed by atoms with Crippen molar-refractivity contribution in [3.05, 3.63) is 68.7 Å².